The first kappa shape index (κ1) is 20.6. The number of carbonyl (C=O) groups is 1. The minimum absolute atomic E-state index is 0.00941. The Hall–Kier alpha value is -3.10. The van der Waals surface area contributed by atoms with Gasteiger partial charge in [-0.3, -0.25) is 4.79 Å². The fourth-order valence-electron chi connectivity index (χ4n) is 2.62. The van der Waals surface area contributed by atoms with Crippen LogP contribution in [-0.2, 0) is 14.8 Å². The Balaban J connectivity index is 1.52. The maximum absolute atomic E-state index is 12.3. The number of aromatic nitrogens is 2. The molecule has 3 rings (SSSR count). The molecule has 0 fully saturated rings. The van der Waals surface area contributed by atoms with E-state index in [1.54, 1.807) is 18.2 Å². The fourth-order valence-corrected chi connectivity index (χ4v) is 3.73. The molecule has 0 radical (unpaired) electrons. The molecule has 1 amide bonds. The first-order valence-corrected chi connectivity index (χ1v) is 10.6. The van der Waals surface area contributed by atoms with Crippen LogP contribution in [0, 0.1) is 13.8 Å². The summed E-state index contributed by atoms with van der Waals surface area (Å²) >= 11 is 0. The molecule has 29 heavy (non-hydrogen) atoms. The van der Waals surface area contributed by atoms with Crippen molar-refractivity contribution in [2.75, 3.05) is 11.9 Å². The third-order valence-corrected chi connectivity index (χ3v) is 5.86. The van der Waals surface area contributed by atoms with Crippen LogP contribution in [0.3, 0.4) is 0 Å². The summed E-state index contributed by atoms with van der Waals surface area (Å²) in [4.78, 5) is 20.8. The number of rotatable bonds is 7. The second-order valence-corrected chi connectivity index (χ2v) is 8.37. The monoisotopic (exact) mass is 410 g/mol. The van der Waals surface area contributed by atoms with E-state index in [1.807, 2.05) is 44.2 Å². The summed E-state index contributed by atoms with van der Waals surface area (Å²) in [7, 11) is -3.66. The van der Waals surface area contributed by atoms with Gasteiger partial charge in [0.05, 0.1) is 23.0 Å². The topological polar surface area (TPSA) is 101 Å². The molecule has 8 heteroatoms. The normalized spacial score (nSPS) is 11.2. The number of sulfonamides is 1. The highest BCUT2D eigenvalue weighted by Crippen LogP contribution is 2.16. The molecule has 0 aliphatic carbocycles. The lowest BCUT2D eigenvalue weighted by Gasteiger charge is -2.09. The number of nitrogens with one attached hydrogen (secondary N) is 2. The first-order chi connectivity index (χ1) is 13.8. The molecule has 1 aromatic heterocycles. The highest BCUT2D eigenvalue weighted by molar-refractivity contribution is 7.89. The quantitative estimate of drug-likeness (QED) is 0.623. The van der Waals surface area contributed by atoms with Crippen molar-refractivity contribution in [3.63, 3.8) is 0 Å². The molecule has 0 saturated heterocycles. The van der Waals surface area contributed by atoms with Crippen molar-refractivity contribution >= 4 is 21.6 Å². The van der Waals surface area contributed by atoms with Crippen LogP contribution in [0.2, 0.25) is 0 Å². The van der Waals surface area contributed by atoms with Gasteiger partial charge in [0.15, 0.2) is 5.82 Å². The molecular formula is C21H22N4O3S. The summed E-state index contributed by atoms with van der Waals surface area (Å²) in [6.45, 7) is 3.76. The summed E-state index contributed by atoms with van der Waals surface area (Å²) in [5.41, 5.74) is 3.24. The zero-order chi connectivity index (χ0) is 20.9. The van der Waals surface area contributed by atoms with E-state index in [0.717, 1.165) is 16.7 Å². The maximum Gasteiger partial charge on any atom is 0.240 e. The number of carbonyl (C=O) groups excluding carboxylic acids is 1. The summed E-state index contributed by atoms with van der Waals surface area (Å²) in [5, 5.41) is 2.66. The zero-order valence-electron chi connectivity index (χ0n) is 16.2. The van der Waals surface area contributed by atoms with Gasteiger partial charge in [-0.1, -0.05) is 36.4 Å². The lowest BCUT2D eigenvalue weighted by molar-refractivity contribution is -0.116. The summed E-state index contributed by atoms with van der Waals surface area (Å²) < 4.78 is 27.1. The summed E-state index contributed by atoms with van der Waals surface area (Å²) in [6, 6.07) is 14.4. The highest BCUT2D eigenvalue weighted by Gasteiger charge is 2.15. The smallest absolute Gasteiger partial charge is 0.240 e. The minimum atomic E-state index is -3.66. The number of amides is 1. The second kappa shape index (κ2) is 8.93. The van der Waals surface area contributed by atoms with E-state index >= 15 is 0 Å². The molecule has 0 saturated carbocycles. The molecule has 1 heterocycles. The lowest BCUT2D eigenvalue weighted by atomic mass is 10.1. The van der Waals surface area contributed by atoms with Gasteiger partial charge >= 0.3 is 0 Å². The Morgan fingerprint density at radius 3 is 2.31 bits per heavy atom. The van der Waals surface area contributed by atoms with Gasteiger partial charge in [-0.15, -0.1) is 0 Å². The van der Waals surface area contributed by atoms with Gasteiger partial charge in [0.2, 0.25) is 15.9 Å². The van der Waals surface area contributed by atoms with Gasteiger partial charge in [0, 0.05) is 18.5 Å². The molecule has 2 aromatic carbocycles. The number of nitrogens with zero attached hydrogens (tertiary/aromatic N) is 2. The Morgan fingerprint density at radius 1 is 0.966 bits per heavy atom. The molecule has 0 aliphatic rings. The van der Waals surface area contributed by atoms with Crippen molar-refractivity contribution < 1.29 is 13.2 Å². The molecule has 150 valence electrons. The van der Waals surface area contributed by atoms with Crippen LogP contribution in [0.1, 0.15) is 17.5 Å². The van der Waals surface area contributed by atoms with Crippen LogP contribution < -0.4 is 10.0 Å². The number of aryl methyl sites for hydroxylation is 2. The summed E-state index contributed by atoms with van der Waals surface area (Å²) in [6.07, 6.45) is 3.03. The van der Waals surface area contributed by atoms with Crippen LogP contribution in [0.25, 0.3) is 11.4 Å². The molecule has 0 unspecified atom stereocenters. The molecular weight excluding hydrogens is 388 g/mol. The molecule has 7 nitrogen and oxygen atoms in total. The van der Waals surface area contributed by atoms with Crippen LogP contribution in [0.4, 0.5) is 5.69 Å². The van der Waals surface area contributed by atoms with E-state index in [1.165, 1.54) is 12.4 Å². The number of hydrogen-bond acceptors (Lipinski definition) is 5. The van der Waals surface area contributed by atoms with E-state index in [9.17, 15) is 13.2 Å². The highest BCUT2D eigenvalue weighted by atomic mass is 32.2. The van der Waals surface area contributed by atoms with Crippen LogP contribution >= 0.6 is 0 Å². The SMILES string of the molecule is Cc1ccc(S(=O)(=O)NCCC(=O)Nc2cnc(-c3ccccc3)nc2)cc1C. The van der Waals surface area contributed by atoms with E-state index in [2.05, 4.69) is 20.0 Å². The van der Waals surface area contributed by atoms with Crippen molar-refractivity contribution in [3.05, 3.63) is 72.1 Å². The van der Waals surface area contributed by atoms with E-state index in [4.69, 9.17) is 0 Å². The third kappa shape index (κ3) is 5.46. The molecule has 0 spiro atoms. The molecule has 3 aromatic rings. The maximum atomic E-state index is 12.3. The summed E-state index contributed by atoms with van der Waals surface area (Å²) in [5.74, 6) is 0.230. The van der Waals surface area contributed by atoms with Crippen molar-refractivity contribution in [1.29, 1.82) is 0 Å². The van der Waals surface area contributed by atoms with Crippen molar-refractivity contribution in [1.82, 2.24) is 14.7 Å². The van der Waals surface area contributed by atoms with Gasteiger partial charge in [-0.2, -0.15) is 0 Å². The number of hydrogen-bond donors (Lipinski definition) is 2. The van der Waals surface area contributed by atoms with Gasteiger partial charge in [-0.05, 0) is 37.1 Å². The zero-order valence-corrected chi connectivity index (χ0v) is 17.0. The molecule has 0 aliphatic heterocycles. The van der Waals surface area contributed by atoms with Crippen molar-refractivity contribution in [2.24, 2.45) is 0 Å². The van der Waals surface area contributed by atoms with Gasteiger partial charge in [-0.25, -0.2) is 23.1 Å². The van der Waals surface area contributed by atoms with Crippen LogP contribution in [0.15, 0.2) is 65.8 Å². The average Bonchev–Trinajstić information content (AvgIpc) is 2.71. The Morgan fingerprint density at radius 2 is 1.66 bits per heavy atom. The van der Waals surface area contributed by atoms with Crippen molar-refractivity contribution in [3.8, 4) is 11.4 Å². The third-order valence-electron chi connectivity index (χ3n) is 4.40. The predicted octanol–water partition coefficient (Wildman–Crippen LogP) is 3.07. The fraction of sp³-hybridized carbons (Fsp3) is 0.190. The Labute approximate surface area is 170 Å². The number of anilines is 1. The van der Waals surface area contributed by atoms with Crippen molar-refractivity contribution in [2.45, 2.75) is 25.2 Å². The van der Waals surface area contributed by atoms with Gasteiger partial charge in [0.25, 0.3) is 0 Å². The van der Waals surface area contributed by atoms with E-state index in [-0.39, 0.29) is 23.8 Å². The van der Waals surface area contributed by atoms with Gasteiger partial charge in [0.1, 0.15) is 0 Å². The van der Waals surface area contributed by atoms with Gasteiger partial charge < -0.3 is 5.32 Å². The molecule has 2 N–H and O–H groups in total. The molecule has 0 atom stereocenters. The van der Waals surface area contributed by atoms with Crippen LogP contribution in [0.5, 0.6) is 0 Å². The largest absolute Gasteiger partial charge is 0.323 e. The average molecular weight is 410 g/mol. The first-order valence-electron chi connectivity index (χ1n) is 9.09. The predicted molar refractivity (Wildman–Crippen MR) is 112 cm³/mol. The minimum Gasteiger partial charge on any atom is -0.323 e. The van der Waals surface area contributed by atoms with Crippen LogP contribution in [-0.4, -0.2) is 30.8 Å². The number of benzene rings is 2. The van der Waals surface area contributed by atoms with E-state index in [0.29, 0.717) is 11.5 Å². The van der Waals surface area contributed by atoms with E-state index < -0.39 is 10.0 Å². The second-order valence-electron chi connectivity index (χ2n) is 6.60. The lowest BCUT2D eigenvalue weighted by Crippen LogP contribution is -2.28. The standard InChI is InChI=1S/C21H22N4O3S/c1-15-8-9-19(12-16(15)2)29(27,28)24-11-10-20(26)25-18-13-22-21(23-14-18)17-6-4-3-5-7-17/h3-9,12-14,24H,10-11H2,1-2H3,(H,25,26). The Bertz CT molecular complexity index is 1100. The Kier molecular flexibility index (Phi) is 6.36. The molecule has 0 bridgehead atoms.